The average molecular weight is 275 g/mol. The molecule has 0 spiro atoms. The van der Waals surface area contributed by atoms with Crippen LogP contribution in [0.1, 0.15) is 35.2 Å². The normalized spacial score (nSPS) is 15.1. The van der Waals surface area contributed by atoms with Crippen molar-refractivity contribution in [1.82, 2.24) is 10.2 Å². The number of carbonyl (C=O) groups excluding carboxylic acids is 2. The first-order valence-electron chi connectivity index (χ1n) is 7.04. The van der Waals surface area contributed by atoms with E-state index in [2.05, 4.69) is 5.32 Å². The van der Waals surface area contributed by atoms with Crippen LogP contribution in [0.5, 0.6) is 0 Å². The van der Waals surface area contributed by atoms with Crippen LogP contribution in [0.4, 0.5) is 0 Å². The average Bonchev–Trinajstić information content (AvgIpc) is 2.48. The molecule has 0 aromatic heterocycles. The molecule has 1 aromatic rings. The summed E-state index contributed by atoms with van der Waals surface area (Å²) in [6.07, 6.45) is 3.45. The summed E-state index contributed by atoms with van der Waals surface area (Å²) in [7, 11) is 0. The summed E-state index contributed by atoms with van der Waals surface area (Å²) in [6.45, 7) is 2.73. The van der Waals surface area contributed by atoms with E-state index >= 15 is 0 Å². The highest BCUT2D eigenvalue weighted by Gasteiger charge is 2.15. The van der Waals surface area contributed by atoms with Crippen LogP contribution in [-0.4, -0.2) is 36.3 Å². The number of nitrogens with one attached hydrogen (secondary N) is 1. The second kappa shape index (κ2) is 7.05. The first-order valence-corrected chi connectivity index (χ1v) is 7.04. The fourth-order valence-corrected chi connectivity index (χ4v) is 2.36. The summed E-state index contributed by atoms with van der Waals surface area (Å²) in [5.74, 6) is -0.261. The van der Waals surface area contributed by atoms with E-state index in [1.807, 2.05) is 17.0 Å². The summed E-state index contributed by atoms with van der Waals surface area (Å²) in [5.41, 5.74) is 6.71. The number of rotatable bonds is 5. The monoisotopic (exact) mass is 275 g/mol. The molecule has 5 heteroatoms. The van der Waals surface area contributed by atoms with Crippen LogP contribution in [0.3, 0.4) is 0 Å². The van der Waals surface area contributed by atoms with Crippen LogP contribution in [0.2, 0.25) is 0 Å². The van der Waals surface area contributed by atoms with Crippen molar-refractivity contribution in [3.63, 3.8) is 0 Å². The van der Waals surface area contributed by atoms with Gasteiger partial charge in [-0.1, -0.05) is 12.1 Å². The largest absolute Gasteiger partial charge is 0.366 e. The number of benzene rings is 1. The van der Waals surface area contributed by atoms with E-state index < -0.39 is 5.91 Å². The third-order valence-electron chi connectivity index (χ3n) is 3.55. The second-order valence-electron chi connectivity index (χ2n) is 5.11. The van der Waals surface area contributed by atoms with Gasteiger partial charge in [0.15, 0.2) is 0 Å². The highest BCUT2D eigenvalue weighted by atomic mass is 16.2. The summed E-state index contributed by atoms with van der Waals surface area (Å²) < 4.78 is 0. The maximum absolute atomic E-state index is 11.9. The molecule has 1 aliphatic rings. The van der Waals surface area contributed by atoms with Crippen molar-refractivity contribution < 1.29 is 9.59 Å². The van der Waals surface area contributed by atoms with E-state index in [0.717, 1.165) is 31.5 Å². The van der Waals surface area contributed by atoms with Gasteiger partial charge in [-0.3, -0.25) is 9.59 Å². The number of amides is 2. The molecule has 2 amide bonds. The molecule has 1 saturated heterocycles. The maximum atomic E-state index is 11.9. The molecule has 0 atom stereocenters. The molecule has 0 saturated carbocycles. The topological polar surface area (TPSA) is 75.4 Å². The standard InChI is InChI=1S/C15H21N3O2/c16-15(20)13-6-4-12(5-7-13)10-17-11-14(19)18-8-2-1-3-9-18/h4-7,17H,1-3,8-11H2,(H2,16,20). The number of piperidine rings is 1. The molecule has 2 rings (SSSR count). The molecule has 3 N–H and O–H groups in total. The maximum Gasteiger partial charge on any atom is 0.248 e. The van der Waals surface area contributed by atoms with Crippen molar-refractivity contribution in [2.75, 3.05) is 19.6 Å². The van der Waals surface area contributed by atoms with Crippen LogP contribution in [0, 0.1) is 0 Å². The molecule has 1 aromatic carbocycles. The zero-order valence-electron chi connectivity index (χ0n) is 11.6. The van der Waals surface area contributed by atoms with Crippen LogP contribution in [0.15, 0.2) is 24.3 Å². The van der Waals surface area contributed by atoms with Gasteiger partial charge in [-0.05, 0) is 37.0 Å². The summed E-state index contributed by atoms with van der Waals surface area (Å²) >= 11 is 0. The Kier molecular flexibility index (Phi) is 5.12. The van der Waals surface area contributed by atoms with Crippen molar-refractivity contribution >= 4 is 11.8 Å². The predicted molar refractivity (Wildman–Crippen MR) is 77.1 cm³/mol. The van der Waals surface area contributed by atoms with Crippen LogP contribution in [-0.2, 0) is 11.3 Å². The number of carbonyl (C=O) groups is 2. The Morgan fingerprint density at radius 3 is 2.35 bits per heavy atom. The highest BCUT2D eigenvalue weighted by molar-refractivity contribution is 5.92. The van der Waals surface area contributed by atoms with Crippen molar-refractivity contribution in [3.8, 4) is 0 Å². The lowest BCUT2D eigenvalue weighted by molar-refractivity contribution is -0.131. The number of hydrogen-bond acceptors (Lipinski definition) is 3. The van der Waals surface area contributed by atoms with Crippen molar-refractivity contribution in [2.24, 2.45) is 5.73 Å². The van der Waals surface area contributed by atoms with Gasteiger partial charge in [0, 0.05) is 25.2 Å². The Hall–Kier alpha value is -1.88. The zero-order chi connectivity index (χ0) is 14.4. The van der Waals surface area contributed by atoms with E-state index in [9.17, 15) is 9.59 Å². The predicted octanol–water partition coefficient (Wildman–Crippen LogP) is 0.888. The minimum Gasteiger partial charge on any atom is -0.366 e. The fourth-order valence-electron chi connectivity index (χ4n) is 2.36. The first kappa shape index (κ1) is 14.5. The molecule has 20 heavy (non-hydrogen) atoms. The van der Waals surface area contributed by atoms with Gasteiger partial charge in [0.1, 0.15) is 0 Å². The molecule has 0 unspecified atom stereocenters. The quantitative estimate of drug-likeness (QED) is 0.838. The fraction of sp³-hybridized carbons (Fsp3) is 0.467. The van der Waals surface area contributed by atoms with Crippen molar-refractivity contribution in [3.05, 3.63) is 35.4 Å². The van der Waals surface area contributed by atoms with Gasteiger partial charge >= 0.3 is 0 Å². The molecule has 1 heterocycles. The van der Waals surface area contributed by atoms with E-state index in [-0.39, 0.29) is 5.91 Å². The Morgan fingerprint density at radius 1 is 1.10 bits per heavy atom. The van der Waals surface area contributed by atoms with Crippen molar-refractivity contribution in [1.29, 1.82) is 0 Å². The molecule has 5 nitrogen and oxygen atoms in total. The Balaban J connectivity index is 1.74. The van der Waals surface area contributed by atoms with E-state index in [1.165, 1.54) is 6.42 Å². The second-order valence-corrected chi connectivity index (χ2v) is 5.11. The molecule has 0 aliphatic carbocycles. The van der Waals surface area contributed by atoms with Gasteiger partial charge in [-0.25, -0.2) is 0 Å². The number of likely N-dealkylation sites (tertiary alicyclic amines) is 1. The van der Waals surface area contributed by atoms with E-state index in [1.54, 1.807) is 12.1 Å². The molecular formula is C15H21N3O2. The van der Waals surface area contributed by atoms with E-state index in [0.29, 0.717) is 18.7 Å². The molecule has 1 aliphatic heterocycles. The SMILES string of the molecule is NC(=O)c1ccc(CNCC(=O)N2CCCCC2)cc1. The Morgan fingerprint density at radius 2 is 1.75 bits per heavy atom. The van der Waals surface area contributed by atoms with Crippen molar-refractivity contribution in [2.45, 2.75) is 25.8 Å². The minimum atomic E-state index is -0.426. The lowest BCUT2D eigenvalue weighted by Crippen LogP contribution is -2.40. The smallest absolute Gasteiger partial charge is 0.248 e. The van der Waals surface area contributed by atoms with Crippen LogP contribution in [0.25, 0.3) is 0 Å². The number of primary amides is 1. The van der Waals surface area contributed by atoms with Gasteiger partial charge in [-0.15, -0.1) is 0 Å². The first-order chi connectivity index (χ1) is 9.66. The van der Waals surface area contributed by atoms with Gasteiger partial charge in [-0.2, -0.15) is 0 Å². The van der Waals surface area contributed by atoms with Gasteiger partial charge in [0.2, 0.25) is 11.8 Å². The Labute approximate surface area is 119 Å². The zero-order valence-corrected chi connectivity index (χ0v) is 11.6. The Bertz CT molecular complexity index is 465. The van der Waals surface area contributed by atoms with Crippen LogP contribution < -0.4 is 11.1 Å². The summed E-state index contributed by atoms with van der Waals surface area (Å²) in [5, 5.41) is 3.14. The number of nitrogens with zero attached hydrogens (tertiary/aromatic N) is 1. The summed E-state index contributed by atoms with van der Waals surface area (Å²) in [6, 6.07) is 7.09. The minimum absolute atomic E-state index is 0.165. The summed E-state index contributed by atoms with van der Waals surface area (Å²) in [4.78, 5) is 24.8. The molecule has 1 fully saturated rings. The lowest BCUT2D eigenvalue weighted by Gasteiger charge is -2.26. The highest BCUT2D eigenvalue weighted by Crippen LogP contribution is 2.08. The van der Waals surface area contributed by atoms with Gasteiger partial charge in [0.25, 0.3) is 0 Å². The lowest BCUT2D eigenvalue weighted by atomic mass is 10.1. The molecule has 108 valence electrons. The van der Waals surface area contributed by atoms with Crippen LogP contribution >= 0.6 is 0 Å². The molecule has 0 bridgehead atoms. The molecular weight excluding hydrogens is 254 g/mol. The third-order valence-corrected chi connectivity index (χ3v) is 3.55. The number of hydrogen-bond donors (Lipinski definition) is 2. The number of nitrogens with two attached hydrogens (primary N) is 1. The van der Waals surface area contributed by atoms with E-state index in [4.69, 9.17) is 5.73 Å². The van der Waals surface area contributed by atoms with Gasteiger partial charge in [0.05, 0.1) is 6.54 Å². The molecule has 0 radical (unpaired) electrons. The third kappa shape index (κ3) is 4.06. The van der Waals surface area contributed by atoms with Gasteiger partial charge < -0.3 is 16.0 Å².